The first-order chi connectivity index (χ1) is 6.49. The van der Waals surface area contributed by atoms with E-state index in [2.05, 4.69) is 29.6 Å². The van der Waals surface area contributed by atoms with E-state index in [1.807, 2.05) is 0 Å². The van der Waals surface area contributed by atoms with E-state index in [-0.39, 0.29) is 0 Å². The number of ether oxygens (including phenoxy) is 2. The van der Waals surface area contributed by atoms with Crippen molar-refractivity contribution in [3.05, 3.63) is 6.20 Å². The number of rotatable bonds is 3. The molecule has 0 spiro atoms. The summed E-state index contributed by atoms with van der Waals surface area (Å²) in [6.07, 6.45) is 1.80. The molecule has 0 amide bonds. The second kappa shape index (κ2) is 3.96. The van der Waals surface area contributed by atoms with Crippen LogP contribution in [0.15, 0.2) is 6.20 Å². The van der Waals surface area contributed by atoms with Crippen molar-refractivity contribution < 1.29 is 9.47 Å². The van der Waals surface area contributed by atoms with Gasteiger partial charge in [-0.05, 0) is 0 Å². The zero-order valence-electron chi connectivity index (χ0n) is 9.29. The monoisotopic (exact) mass is 212 g/mol. The summed E-state index contributed by atoms with van der Waals surface area (Å²) >= 11 is 0. The van der Waals surface area contributed by atoms with Crippen molar-refractivity contribution in [3.63, 3.8) is 0 Å². The van der Waals surface area contributed by atoms with Gasteiger partial charge in [0.2, 0.25) is 5.88 Å². The Morgan fingerprint density at radius 3 is 2.21 bits per heavy atom. The standard InChI is InChI=1S/C9H16N2O2Si/c1-12-8-7(14(3,4)5)6-10-9(11-8)13-2/h6H,1-5H3. The van der Waals surface area contributed by atoms with Crippen LogP contribution >= 0.6 is 0 Å². The van der Waals surface area contributed by atoms with E-state index >= 15 is 0 Å². The van der Waals surface area contributed by atoms with Gasteiger partial charge < -0.3 is 9.47 Å². The third-order valence-corrected chi connectivity index (χ3v) is 3.87. The Labute approximate surface area is 85.3 Å². The van der Waals surface area contributed by atoms with Gasteiger partial charge in [-0.1, -0.05) is 19.6 Å². The molecular weight excluding hydrogens is 196 g/mol. The molecule has 1 aromatic heterocycles. The second-order valence-electron chi connectivity index (χ2n) is 4.03. The van der Waals surface area contributed by atoms with E-state index in [1.54, 1.807) is 20.4 Å². The summed E-state index contributed by atoms with van der Waals surface area (Å²) in [5.41, 5.74) is 0. The van der Waals surface area contributed by atoms with E-state index < -0.39 is 8.07 Å². The minimum Gasteiger partial charge on any atom is -0.481 e. The van der Waals surface area contributed by atoms with Gasteiger partial charge >= 0.3 is 6.01 Å². The van der Waals surface area contributed by atoms with Crippen LogP contribution in [0.5, 0.6) is 11.9 Å². The molecule has 0 N–H and O–H groups in total. The molecule has 14 heavy (non-hydrogen) atoms. The number of methoxy groups -OCH3 is 2. The van der Waals surface area contributed by atoms with Gasteiger partial charge in [-0.2, -0.15) is 4.98 Å². The van der Waals surface area contributed by atoms with Crippen LogP contribution in [0.4, 0.5) is 0 Å². The summed E-state index contributed by atoms with van der Waals surface area (Å²) < 4.78 is 10.2. The third kappa shape index (κ3) is 2.23. The van der Waals surface area contributed by atoms with Crippen molar-refractivity contribution in [3.8, 4) is 11.9 Å². The highest BCUT2D eigenvalue weighted by atomic mass is 28.3. The van der Waals surface area contributed by atoms with Crippen LogP contribution in [0, 0.1) is 0 Å². The first-order valence-electron chi connectivity index (χ1n) is 4.44. The fourth-order valence-electron chi connectivity index (χ4n) is 1.12. The van der Waals surface area contributed by atoms with Gasteiger partial charge in [0.15, 0.2) is 0 Å². The molecule has 0 aliphatic rings. The van der Waals surface area contributed by atoms with Gasteiger partial charge in [0.1, 0.15) is 0 Å². The Morgan fingerprint density at radius 1 is 1.14 bits per heavy atom. The first kappa shape index (κ1) is 11.0. The van der Waals surface area contributed by atoms with Crippen LogP contribution in [-0.2, 0) is 0 Å². The van der Waals surface area contributed by atoms with E-state index in [0.717, 1.165) is 5.19 Å². The molecule has 1 aromatic rings. The summed E-state index contributed by atoms with van der Waals surface area (Å²) in [6.45, 7) is 6.67. The molecule has 1 rings (SSSR count). The highest BCUT2D eigenvalue weighted by Gasteiger charge is 2.23. The molecule has 0 saturated carbocycles. The van der Waals surface area contributed by atoms with Gasteiger partial charge in [0.05, 0.1) is 22.3 Å². The number of aromatic nitrogens is 2. The Balaban J connectivity index is 3.18. The van der Waals surface area contributed by atoms with Crippen LogP contribution in [0.25, 0.3) is 0 Å². The van der Waals surface area contributed by atoms with Crippen molar-refractivity contribution in [2.24, 2.45) is 0 Å². The average molecular weight is 212 g/mol. The maximum absolute atomic E-state index is 5.22. The van der Waals surface area contributed by atoms with Gasteiger partial charge in [0, 0.05) is 11.4 Å². The molecule has 0 unspecified atom stereocenters. The van der Waals surface area contributed by atoms with Crippen LogP contribution in [-0.4, -0.2) is 32.3 Å². The molecule has 0 aromatic carbocycles. The van der Waals surface area contributed by atoms with Crippen molar-refractivity contribution in [1.29, 1.82) is 0 Å². The summed E-state index contributed by atoms with van der Waals surface area (Å²) in [7, 11) is 1.72. The Morgan fingerprint density at radius 2 is 1.79 bits per heavy atom. The van der Waals surface area contributed by atoms with Crippen molar-refractivity contribution in [1.82, 2.24) is 9.97 Å². The van der Waals surface area contributed by atoms with Crippen molar-refractivity contribution in [2.75, 3.05) is 14.2 Å². The lowest BCUT2D eigenvalue weighted by Crippen LogP contribution is -2.39. The van der Waals surface area contributed by atoms with Crippen LogP contribution in [0.1, 0.15) is 0 Å². The molecule has 0 fully saturated rings. The second-order valence-corrected chi connectivity index (χ2v) is 9.07. The predicted molar refractivity (Wildman–Crippen MR) is 58.1 cm³/mol. The largest absolute Gasteiger partial charge is 0.481 e. The molecule has 1 heterocycles. The third-order valence-electron chi connectivity index (χ3n) is 1.92. The fourth-order valence-corrected chi connectivity index (χ4v) is 2.37. The fraction of sp³-hybridized carbons (Fsp3) is 0.556. The number of nitrogens with zero attached hydrogens (tertiary/aromatic N) is 2. The van der Waals surface area contributed by atoms with Gasteiger partial charge in [-0.25, -0.2) is 4.98 Å². The maximum atomic E-state index is 5.22. The smallest absolute Gasteiger partial charge is 0.319 e. The lowest BCUT2D eigenvalue weighted by molar-refractivity contribution is 0.354. The molecule has 78 valence electrons. The highest BCUT2D eigenvalue weighted by Crippen LogP contribution is 2.13. The van der Waals surface area contributed by atoms with Crippen molar-refractivity contribution in [2.45, 2.75) is 19.6 Å². The maximum Gasteiger partial charge on any atom is 0.319 e. The van der Waals surface area contributed by atoms with Gasteiger partial charge in [0.25, 0.3) is 0 Å². The van der Waals surface area contributed by atoms with Gasteiger partial charge in [-0.3, -0.25) is 0 Å². The minimum atomic E-state index is -1.44. The molecule has 4 nitrogen and oxygen atoms in total. The van der Waals surface area contributed by atoms with E-state index in [0.29, 0.717) is 11.9 Å². The lowest BCUT2D eigenvalue weighted by Gasteiger charge is -2.18. The zero-order chi connectivity index (χ0) is 10.8. The first-order valence-corrected chi connectivity index (χ1v) is 7.94. The molecule has 5 heteroatoms. The molecule has 0 bridgehead atoms. The minimum absolute atomic E-state index is 0.351. The Hall–Kier alpha value is -1.10. The van der Waals surface area contributed by atoms with Crippen LogP contribution in [0.2, 0.25) is 19.6 Å². The van der Waals surface area contributed by atoms with Crippen LogP contribution < -0.4 is 14.7 Å². The van der Waals surface area contributed by atoms with E-state index in [9.17, 15) is 0 Å². The molecule has 0 aliphatic heterocycles. The lowest BCUT2D eigenvalue weighted by atomic mass is 10.6. The topological polar surface area (TPSA) is 44.2 Å². The molecule has 0 aliphatic carbocycles. The SMILES string of the molecule is COc1ncc([Si](C)(C)C)c(OC)n1. The predicted octanol–water partition coefficient (Wildman–Crippen LogP) is 1.04. The van der Waals surface area contributed by atoms with E-state index in [1.165, 1.54) is 0 Å². The zero-order valence-corrected chi connectivity index (χ0v) is 10.3. The molecule has 0 atom stereocenters. The quantitative estimate of drug-likeness (QED) is 0.702. The van der Waals surface area contributed by atoms with Crippen molar-refractivity contribution >= 4 is 13.3 Å². The average Bonchev–Trinajstić information content (AvgIpc) is 2.15. The number of hydrogen-bond acceptors (Lipinski definition) is 4. The molecule has 0 saturated heterocycles. The normalized spacial score (nSPS) is 11.2. The Bertz CT molecular complexity index is 323. The summed E-state index contributed by atoms with van der Waals surface area (Å²) in [6, 6.07) is 0.351. The summed E-state index contributed by atoms with van der Waals surface area (Å²) in [5, 5.41) is 1.11. The summed E-state index contributed by atoms with van der Waals surface area (Å²) in [5.74, 6) is 0.635. The molecular formula is C9H16N2O2Si. The Kier molecular flexibility index (Phi) is 3.10. The van der Waals surface area contributed by atoms with E-state index in [4.69, 9.17) is 9.47 Å². The van der Waals surface area contributed by atoms with Gasteiger partial charge in [-0.15, -0.1) is 0 Å². The highest BCUT2D eigenvalue weighted by molar-refractivity contribution is 6.89. The molecule has 0 radical (unpaired) electrons. The summed E-state index contributed by atoms with van der Waals surface area (Å²) in [4.78, 5) is 8.25. The van der Waals surface area contributed by atoms with Crippen LogP contribution in [0.3, 0.4) is 0 Å². The number of hydrogen-bond donors (Lipinski definition) is 0.